The Morgan fingerprint density at radius 2 is 1.89 bits per heavy atom. The van der Waals surface area contributed by atoms with Gasteiger partial charge < -0.3 is 0 Å². The Labute approximate surface area is 116 Å². The van der Waals surface area contributed by atoms with Gasteiger partial charge in [0.15, 0.2) is 5.65 Å². The van der Waals surface area contributed by atoms with Gasteiger partial charge in [0.2, 0.25) is 0 Å². The Balaban J connectivity index is 2.34. The highest BCUT2D eigenvalue weighted by Gasteiger charge is 2.12. The Morgan fingerprint density at radius 3 is 2.68 bits per heavy atom. The summed E-state index contributed by atoms with van der Waals surface area (Å²) in [5.74, 6) is 0.643. The fraction of sp³-hybridized carbons (Fsp3) is 0.214. The van der Waals surface area contributed by atoms with E-state index >= 15 is 0 Å². The summed E-state index contributed by atoms with van der Waals surface area (Å²) in [5.41, 5.74) is 4.08. The van der Waals surface area contributed by atoms with Gasteiger partial charge in [-0.15, -0.1) is 0 Å². The molecule has 0 N–H and O–H groups in total. The van der Waals surface area contributed by atoms with Crippen molar-refractivity contribution < 1.29 is 0 Å². The average molecular weight is 273 g/mol. The molecule has 0 radical (unpaired) electrons. The molecule has 0 aliphatic rings. The van der Waals surface area contributed by atoms with Crippen LogP contribution >= 0.6 is 11.6 Å². The Kier molecular flexibility index (Phi) is 2.75. The van der Waals surface area contributed by atoms with E-state index in [1.165, 1.54) is 5.56 Å². The van der Waals surface area contributed by atoms with Crippen molar-refractivity contribution in [2.75, 3.05) is 0 Å². The van der Waals surface area contributed by atoms with E-state index in [1.807, 2.05) is 11.6 Å². The van der Waals surface area contributed by atoms with E-state index in [1.54, 1.807) is 6.20 Å². The number of nitrogens with zero attached hydrogens (tertiary/aromatic N) is 4. The largest absolute Gasteiger partial charge is 0.221 e. The van der Waals surface area contributed by atoms with Crippen LogP contribution in [0.25, 0.3) is 16.7 Å². The summed E-state index contributed by atoms with van der Waals surface area (Å²) in [5, 5.41) is 5.61. The minimum atomic E-state index is 0.444. The first kappa shape index (κ1) is 12.1. The highest BCUT2D eigenvalue weighted by molar-refractivity contribution is 6.33. The van der Waals surface area contributed by atoms with Crippen LogP contribution in [0.15, 0.2) is 24.4 Å². The zero-order valence-electron chi connectivity index (χ0n) is 11.0. The SMILES string of the molecule is Cc1ccc(C)c(-n2ncc3c(Cl)nc(C)nc32)c1. The van der Waals surface area contributed by atoms with E-state index in [2.05, 4.69) is 47.1 Å². The summed E-state index contributed by atoms with van der Waals surface area (Å²) in [6.07, 6.45) is 1.71. The smallest absolute Gasteiger partial charge is 0.168 e. The molecule has 96 valence electrons. The summed E-state index contributed by atoms with van der Waals surface area (Å²) in [6.45, 7) is 5.94. The van der Waals surface area contributed by atoms with Gasteiger partial charge in [0.1, 0.15) is 11.0 Å². The second-order valence-electron chi connectivity index (χ2n) is 4.65. The highest BCUT2D eigenvalue weighted by atomic mass is 35.5. The molecule has 1 aromatic carbocycles. The molecule has 3 aromatic rings. The molecular weight excluding hydrogens is 260 g/mol. The second-order valence-corrected chi connectivity index (χ2v) is 5.00. The lowest BCUT2D eigenvalue weighted by Crippen LogP contribution is -2.02. The molecule has 3 rings (SSSR count). The van der Waals surface area contributed by atoms with Gasteiger partial charge in [-0.2, -0.15) is 5.10 Å². The Morgan fingerprint density at radius 1 is 1.11 bits per heavy atom. The molecule has 0 aliphatic heterocycles. The van der Waals surface area contributed by atoms with Gasteiger partial charge in [-0.25, -0.2) is 14.6 Å². The van der Waals surface area contributed by atoms with Crippen LogP contribution in [-0.4, -0.2) is 19.7 Å². The van der Waals surface area contributed by atoms with Crippen LogP contribution in [0.2, 0.25) is 5.15 Å². The normalized spacial score (nSPS) is 11.2. The maximum Gasteiger partial charge on any atom is 0.168 e. The predicted octanol–water partition coefficient (Wildman–Crippen LogP) is 3.39. The van der Waals surface area contributed by atoms with Crippen molar-refractivity contribution in [1.82, 2.24) is 19.7 Å². The summed E-state index contributed by atoms with van der Waals surface area (Å²) in [6, 6.07) is 6.25. The van der Waals surface area contributed by atoms with Gasteiger partial charge in [-0.05, 0) is 38.0 Å². The zero-order valence-corrected chi connectivity index (χ0v) is 11.7. The fourth-order valence-corrected chi connectivity index (χ4v) is 2.36. The Hall–Kier alpha value is -1.94. The van der Waals surface area contributed by atoms with Crippen LogP contribution in [0.4, 0.5) is 0 Å². The highest BCUT2D eigenvalue weighted by Crippen LogP contribution is 2.24. The minimum Gasteiger partial charge on any atom is -0.221 e. The van der Waals surface area contributed by atoms with Crippen LogP contribution < -0.4 is 0 Å². The third-order valence-electron chi connectivity index (χ3n) is 3.09. The lowest BCUT2D eigenvalue weighted by atomic mass is 10.1. The monoisotopic (exact) mass is 272 g/mol. The molecule has 19 heavy (non-hydrogen) atoms. The zero-order chi connectivity index (χ0) is 13.6. The molecule has 5 heteroatoms. The molecule has 0 bridgehead atoms. The number of aryl methyl sites for hydroxylation is 3. The van der Waals surface area contributed by atoms with Crippen LogP contribution in [-0.2, 0) is 0 Å². The van der Waals surface area contributed by atoms with Gasteiger partial charge in [-0.1, -0.05) is 23.7 Å². The van der Waals surface area contributed by atoms with Crippen LogP contribution in [0.3, 0.4) is 0 Å². The lowest BCUT2D eigenvalue weighted by molar-refractivity contribution is 0.881. The third-order valence-corrected chi connectivity index (χ3v) is 3.37. The number of hydrogen-bond donors (Lipinski definition) is 0. The second kappa shape index (κ2) is 4.31. The first-order valence-electron chi connectivity index (χ1n) is 6.02. The molecular formula is C14H13ClN4. The van der Waals surface area contributed by atoms with Crippen molar-refractivity contribution in [2.45, 2.75) is 20.8 Å². The molecule has 0 unspecified atom stereocenters. The molecule has 0 saturated carbocycles. The standard InChI is InChI=1S/C14H13ClN4/c1-8-4-5-9(2)12(6-8)19-14-11(7-16-19)13(15)17-10(3)18-14/h4-7H,1-3H3. The molecule has 0 spiro atoms. The average Bonchev–Trinajstić information content (AvgIpc) is 2.76. The van der Waals surface area contributed by atoms with Crippen LogP contribution in [0.5, 0.6) is 0 Å². The fourth-order valence-electron chi connectivity index (χ4n) is 2.10. The van der Waals surface area contributed by atoms with Crippen molar-refractivity contribution in [3.05, 3.63) is 46.5 Å². The molecule has 0 amide bonds. The Bertz CT molecular complexity index is 776. The van der Waals surface area contributed by atoms with E-state index in [-0.39, 0.29) is 0 Å². The predicted molar refractivity (Wildman–Crippen MR) is 75.9 cm³/mol. The van der Waals surface area contributed by atoms with Gasteiger partial charge in [0.05, 0.1) is 17.3 Å². The minimum absolute atomic E-state index is 0.444. The molecule has 0 fully saturated rings. The summed E-state index contributed by atoms with van der Waals surface area (Å²) in [4.78, 5) is 8.60. The van der Waals surface area contributed by atoms with Crippen molar-refractivity contribution in [3.8, 4) is 5.69 Å². The third kappa shape index (κ3) is 1.98. The first-order valence-corrected chi connectivity index (χ1v) is 6.39. The number of fused-ring (bicyclic) bond motifs is 1. The molecule has 2 aromatic heterocycles. The lowest BCUT2D eigenvalue weighted by Gasteiger charge is -2.08. The number of rotatable bonds is 1. The maximum absolute atomic E-state index is 6.13. The number of hydrogen-bond acceptors (Lipinski definition) is 3. The number of aromatic nitrogens is 4. The van der Waals surface area contributed by atoms with Crippen LogP contribution in [0, 0.1) is 20.8 Å². The van der Waals surface area contributed by atoms with Gasteiger partial charge in [-0.3, -0.25) is 0 Å². The quantitative estimate of drug-likeness (QED) is 0.638. The van der Waals surface area contributed by atoms with E-state index in [0.717, 1.165) is 22.3 Å². The molecule has 0 aliphatic carbocycles. The van der Waals surface area contributed by atoms with Gasteiger partial charge >= 0.3 is 0 Å². The van der Waals surface area contributed by atoms with E-state index in [0.29, 0.717) is 11.0 Å². The molecule has 0 atom stereocenters. The van der Waals surface area contributed by atoms with Crippen molar-refractivity contribution in [3.63, 3.8) is 0 Å². The van der Waals surface area contributed by atoms with Crippen molar-refractivity contribution in [2.24, 2.45) is 0 Å². The molecule has 4 nitrogen and oxygen atoms in total. The number of benzene rings is 1. The van der Waals surface area contributed by atoms with Gasteiger partial charge in [0, 0.05) is 0 Å². The summed E-state index contributed by atoms with van der Waals surface area (Å²) < 4.78 is 1.82. The summed E-state index contributed by atoms with van der Waals surface area (Å²) >= 11 is 6.13. The molecule has 0 saturated heterocycles. The van der Waals surface area contributed by atoms with E-state index in [9.17, 15) is 0 Å². The van der Waals surface area contributed by atoms with Crippen molar-refractivity contribution >= 4 is 22.6 Å². The van der Waals surface area contributed by atoms with E-state index < -0.39 is 0 Å². The van der Waals surface area contributed by atoms with Crippen LogP contribution in [0.1, 0.15) is 17.0 Å². The van der Waals surface area contributed by atoms with E-state index in [4.69, 9.17) is 11.6 Å². The summed E-state index contributed by atoms with van der Waals surface area (Å²) in [7, 11) is 0. The topological polar surface area (TPSA) is 43.6 Å². The number of halogens is 1. The molecule has 2 heterocycles. The first-order chi connectivity index (χ1) is 9.06. The van der Waals surface area contributed by atoms with Crippen molar-refractivity contribution in [1.29, 1.82) is 0 Å². The van der Waals surface area contributed by atoms with Gasteiger partial charge in [0.25, 0.3) is 0 Å². The maximum atomic E-state index is 6.13.